The second-order valence-corrected chi connectivity index (χ2v) is 5.34. The lowest BCUT2D eigenvalue weighted by Gasteiger charge is -2.06. The molecule has 2 aromatic rings. The molecular weight excluding hydrogens is 320 g/mol. The van der Waals surface area contributed by atoms with Gasteiger partial charge in [-0.25, -0.2) is 5.43 Å². The number of nitrogens with two attached hydrogens (primary N) is 1. The van der Waals surface area contributed by atoms with Crippen molar-refractivity contribution in [1.82, 2.24) is 5.43 Å². The van der Waals surface area contributed by atoms with Crippen molar-refractivity contribution in [3.63, 3.8) is 0 Å². The molecule has 2 rings (SSSR count). The van der Waals surface area contributed by atoms with Gasteiger partial charge in [0.05, 0.1) is 5.71 Å². The van der Waals surface area contributed by atoms with Crippen LogP contribution >= 0.6 is 0 Å². The molecule has 0 aromatic heterocycles. The van der Waals surface area contributed by atoms with Crippen LogP contribution in [0.2, 0.25) is 0 Å². The fourth-order valence-electron chi connectivity index (χ4n) is 2.07. The summed E-state index contributed by atoms with van der Waals surface area (Å²) < 4.78 is 0. The zero-order chi connectivity index (χ0) is 18.4. The molecule has 0 spiro atoms. The van der Waals surface area contributed by atoms with Crippen LogP contribution in [0.4, 0.5) is 5.69 Å². The molecule has 7 heteroatoms. The number of amides is 3. The number of rotatable bonds is 5. The van der Waals surface area contributed by atoms with Crippen LogP contribution < -0.4 is 16.5 Å². The van der Waals surface area contributed by atoms with E-state index < -0.39 is 11.8 Å². The Morgan fingerprint density at radius 2 is 1.56 bits per heavy atom. The third-order valence-corrected chi connectivity index (χ3v) is 3.36. The molecule has 0 heterocycles. The number of hydrogen-bond donors (Lipinski definition) is 3. The van der Waals surface area contributed by atoms with Crippen molar-refractivity contribution in [2.45, 2.75) is 13.8 Å². The summed E-state index contributed by atoms with van der Waals surface area (Å²) in [6.07, 6.45) is 0. The fourth-order valence-corrected chi connectivity index (χ4v) is 2.07. The van der Waals surface area contributed by atoms with E-state index in [0.29, 0.717) is 22.5 Å². The standard InChI is InChI=1S/C18H18N4O3/c1-11(15-4-3-5-16(10-15)20-12(2)23)21-22-18(25)14-8-6-13(7-9-14)17(19)24/h3-10H,1-2H3,(H2,19,24)(H,20,23)(H,22,25)/b21-11-. The maximum absolute atomic E-state index is 12.1. The summed E-state index contributed by atoms with van der Waals surface area (Å²) in [6, 6.07) is 13.1. The summed E-state index contributed by atoms with van der Waals surface area (Å²) in [4.78, 5) is 34.2. The molecule has 0 radical (unpaired) electrons. The van der Waals surface area contributed by atoms with E-state index in [1.54, 1.807) is 25.1 Å². The Bertz CT molecular complexity index is 842. The van der Waals surface area contributed by atoms with Gasteiger partial charge in [-0.1, -0.05) is 12.1 Å². The number of primary amides is 1. The van der Waals surface area contributed by atoms with Crippen molar-refractivity contribution in [2.24, 2.45) is 10.8 Å². The number of anilines is 1. The predicted octanol–water partition coefficient (Wildman–Crippen LogP) is 1.90. The number of carbonyl (C=O) groups excluding carboxylic acids is 3. The highest BCUT2D eigenvalue weighted by molar-refractivity contribution is 6.02. The van der Waals surface area contributed by atoms with Gasteiger partial charge in [0.15, 0.2) is 0 Å². The van der Waals surface area contributed by atoms with Crippen molar-refractivity contribution in [3.8, 4) is 0 Å². The second-order valence-electron chi connectivity index (χ2n) is 5.34. The molecule has 7 nitrogen and oxygen atoms in total. The van der Waals surface area contributed by atoms with Crippen LogP contribution in [0.5, 0.6) is 0 Å². The maximum Gasteiger partial charge on any atom is 0.271 e. The van der Waals surface area contributed by atoms with Gasteiger partial charge in [0.25, 0.3) is 5.91 Å². The van der Waals surface area contributed by atoms with Gasteiger partial charge in [-0.2, -0.15) is 5.10 Å². The van der Waals surface area contributed by atoms with Gasteiger partial charge in [-0.15, -0.1) is 0 Å². The average molecular weight is 338 g/mol. The average Bonchev–Trinajstić information content (AvgIpc) is 2.59. The molecule has 0 fully saturated rings. The van der Waals surface area contributed by atoms with E-state index in [1.807, 2.05) is 6.07 Å². The van der Waals surface area contributed by atoms with Crippen LogP contribution in [0, 0.1) is 0 Å². The van der Waals surface area contributed by atoms with Gasteiger partial charge in [-0.05, 0) is 48.9 Å². The first kappa shape index (κ1) is 17.9. The Kier molecular flexibility index (Phi) is 5.62. The quantitative estimate of drug-likeness (QED) is 0.571. The first-order chi connectivity index (χ1) is 11.9. The topological polar surface area (TPSA) is 114 Å². The molecule has 0 saturated carbocycles. The molecule has 0 aliphatic heterocycles. The van der Waals surface area contributed by atoms with E-state index in [2.05, 4.69) is 15.8 Å². The number of nitrogens with one attached hydrogen (secondary N) is 2. The van der Waals surface area contributed by atoms with Gasteiger partial charge in [0, 0.05) is 23.7 Å². The van der Waals surface area contributed by atoms with Gasteiger partial charge in [0.2, 0.25) is 11.8 Å². The van der Waals surface area contributed by atoms with Crippen LogP contribution in [0.3, 0.4) is 0 Å². The predicted molar refractivity (Wildman–Crippen MR) is 95.4 cm³/mol. The Labute approximate surface area is 144 Å². The summed E-state index contributed by atoms with van der Waals surface area (Å²) in [6.45, 7) is 3.17. The van der Waals surface area contributed by atoms with E-state index in [0.717, 1.165) is 5.56 Å². The highest BCUT2D eigenvalue weighted by Crippen LogP contribution is 2.11. The largest absolute Gasteiger partial charge is 0.366 e. The zero-order valence-electron chi connectivity index (χ0n) is 13.9. The van der Waals surface area contributed by atoms with Crippen molar-refractivity contribution in [2.75, 3.05) is 5.32 Å². The minimum absolute atomic E-state index is 0.167. The Morgan fingerprint density at radius 3 is 2.16 bits per heavy atom. The molecule has 0 aliphatic rings. The summed E-state index contributed by atoms with van der Waals surface area (Å²) in [5.41, 5.74) is 10.3. The summed E-state index contributed by atoms with van der Waals surface area (Å²) in [7, 11) is 0. The molecule has 0 unspecified atom stereocenters. The molecule has 128 valence electrons. The number of hydrogen-bond acceptors (Lipinski definition) is 4. The number of hydrazone groups is 1. The lowest BCUT2D eigenvalue weighted by molar-refractivity contribution is -0.114. The van der Waals surface area contributed by atoms with E-state index >= 15 is 0 Å². The Hall–Kier alpha value is -3.48. The van der Waals surface area contributed by atoms with Crippen LogP contribution in [0.15, 0.2) is 53.6 Å². The van der Waals surface area contributed by atoms with Crippen molar-refractivity contribution in [3.05, 3.63) is 65.2 Å². The highest BCUT2D eigenvalue weighted by atomic mass is 16.2. The van der Waals surface area contributed by atoms with Crippen LogP contribution in [-0.4, -0.2) is 23.4 Å². The zero-order valence-corrected chi connectivity index (χ0v) is 13.9. The van der Waals surface area contributed by atoms with Crippen molar-refractivity contribution in [1.29, 1.82) is 0 Å². The van der Waals surface area contributed by atoms with E-state index in [9.17, 15) is 14.4 Å². The minimum atomic E-state index is -0.556. The van der Waals surface area contributed by atoms with Crippen LogP contribution in [0.25, 0.3) is 0 Å². The summed E-state index contributed by atoms with van der Waals surface area (Å²) in [5, 5.41) is 6.75. The molecule has 0 aliphatic carbocycles. The van der Waals surface area contributed by atoms with E-state index in [4.69, 9.17) is 5.73 Å². The Balaban J connectivity index is 2.08. The molecule has 25 heavy (non-hydrogen) atoms. The second kappa shape index (κ2) is 7.87. The summed E-state index contributed by atoms with van der Waals surface area (Å²) in [5.74, 6) is -1.13. The van der Waals surface area contributed by atoms with Crippen molar-refractivity contribution >= 4 is 29.1 Å². The SMILES string of the molecule is CC(=O)Nc1cccc(/C(C)=N\NC(=O)c2ccc(C(N)=O)cc2)c1. The molecule has 0 bridgehead atoms. The first-order valence-corrected chi connectivity index (χ1v) is 7.49. The van der Waals surface area contributed by atoms with Gasteiger partial charge in [-0.3, -0.25) is 14.4 Å². The molecule has 4 N–H and O–H groups in total. The molecule has 2 aromatic carbocycles. The third-order valence-electron chi connectivity index (χ3n) is 3.36. The van der Waals surface area contributed by atoms with E-state index in [-0.39, 0.29) is 5.91 Å². The van der Waals surface area contributed by atoms with Gasteiger partial charge in [0.1, 0.15) is 0 Å². The highest BCUT2D eigenvalue weighted by Gasteiger charge is 2.07. The lowest BCUT2D eigenvalue weighted by Crippen LogP contribution is -2.20. The lowest BCUT2D eigenvalue weighted by atomic mass is 10.1. The van der Waals surface area contributed by atoms with Crippen LogP contribution in [-0.2, 0) is 4.79 Å². The smallest absolute Gasteiger partial charge is 0.271 e. The number of benzene rings is 2. The molecule has 0 atom stereocenters. The Morgan fingerprint density at radius 1 is 0.920 bits per heavy atom. The maximum atomic E-state index is 12.1. The minimum Gasteiger partial charge on any atom is -0.366 e. The molecule has 3 amide bonds. The first-order valence-electron chi connectivity index (χ1n) is 7.49. The van der Waals surface area contributed by atoms with Crippen molar-refractivity contribution < 1.29 is 14.4 Å². The van der Waals surface area contributed by atoms with E-state index in [1.165, 1.54) is 31.2 Å². The third kappa shape index (κ3) is 5.00. The molecular formula is C18H18N4O3. The van der Waals surface area contributed by atoms with Gasteiger partial charge < -0.3 is 11.1 Å². The summed E-state index contributed by atoms with van der Waals surface area (Å²) >= 11 is 0. The molecule has 0 saturated heterocycles. The van der Waals surface area contributed by atoms with Gasteiger partial charge >= 0.3 is 0 Å². The number of nitrogens with zero attached hydrogens (tertiary/aromatic N) is 1. The fraction of sp³-hybridized carbons (Fsp3) is 0.111. The normalized spacial score (nSPS) is 10.9. The number of carbonyl (C=O) groups is 3. The van der Waals surface area contributed by atoms with Crippen LogP contribution in [0.1, 0.15) is 40.1 Å². The monoisotopic (exact) mass is 338 g/mol.